The minimum absolute atomic E-state index is 0.0991. The summed E-state index contributed by atoms with van der Waals surface area (Å²) in [5.41, 5.74) is 0. The summed E-state index contributed by atoms with van der Waals surface area (Å²) in [6.45, 7) is 5.47. The molecule has 0 saturated carbocycles. The second-order valence-corrected chi connectivity index (χ2v) is 8.70. The van der Waals surface area contributed by atoms with Gasteiger partial charge >= 0.3 is 0 Å². The molecule has 2 heterocycles. The van der Waals surface area contributed by atoms with Crippen molar-refractivity contribution in [1.29, 1.82) is 0 Å². The van der Waals surface area contributed by atoms with Crippen LogP contribution in [-0.4, -0.2) is 65.5 Å². The van der Waals surface area contributed by atoms with Gasteiger partial charge in [-0.05, 0) is 54.2 Å². The average molecular weight is 385 g/mol. The van der Waals surface area contributed by atoms with Gasteiger partial charge in [0.2, 0.25) is 0 Å². The van der Waals surface area contributed by atoms with E-state index in [1.807, 2.05) is 42.2 Å². The third-order valence-corrected chi connectivity index (χ3v) is 6.76. The van der Waals surface area contributed by atoms with Crippen molar-refractivity contribution >= 4 is 28.4 Å². The predicted octanol–water partition coefficient (Wildman–Crippen LogP) is 3.65. The summed E-state index contributed by atoms with van der Waals surface area (Å²) in [5, 5.41) is 2.31. The number of amides is 1. The number of hydrogen-bond donors (Lipinski definition) is 0. The normalized spacial score (nSPS) is 20.6. The number of carbonyl (C=O) groups is 1. The molecule has 1 amide bonds. The average Bonchev–Trinajstić information content (AvgIpc) is 2.74. The number of fused-ring (bicyclic) bond motifs is 1. The Morgan fingerprint density at radius 2 is 1.74 bits per heavy atom. The molecule has 0 radical (unpaired) electrons. The molecule has 27 heavy (non-hydrogen) atoms. The molecule has 2 aliphatic rings. The molecular weight excluding hydrogens is 356 g/mol. The van der Waals surface area contributed by atoms with Gasteiger partial charge in [0, 0.05) is 32.2 Å². The molecule has 4 rings (SSSR count). The molecule has 144 valence electrons. The first-order valence-electron chi connectivity index (χ1n) is 9.97. The van der Waals surface area contributed by atoms with Crippen molar-refractivity contribution in [3.8, 4) is 5.75 Å². The van der Waals surface area contributed by atoms with Gasteiger partial charge in [0.25, 0.3) is 5.91 Å². The van der Waals surface area contributed by atoms with Gasteiger partial charge in [-0.25, -0.2) is 0 Å². The first kappa shape index (κ1) is 18.6. The maximum absolute atomic E-state index is 12.8. The summed E-state index contributed by atoms with van der Waals surface area (Å²) in [5.74, 6) is 3.41. The van der Waals surface area contributed by atoms with Crippen molar-refractivity contribution in [2.75, 3.05) is 37.7 Å². The van der Waals surface area contributed by atoms with Crippen LogP contribution in [0.4, 0.5) is 0 Å². The summed E-state index contributed by atoms with van der Waals surface area (Å²) >= 11 is 2.07. The van der Waals surface area contributed by atoms with Crippen molar-refractivity contribution in [2.24, 2.45) is 0 Å². The van der Waals surface area contributed by atoms with Crippen LogP contribution in [0.15, 0.2) is 42.5 Å². The highest BCUT2D eigenvalue weighted by Gasteiger charge is 2.29. The molecule has 0 unspecified atom stereocenters. The highest BCUT2D eigenvalue weighted by molar-refractivity contribution is 7.99. The Kier molecular flexibility index (Phi) is 5.89. The minimum atomic E-state index is -0.455. The van der Waals surface area contributed by atoms with Gasteiger partial charge in [-0.3, -0.25) is 9.69 Å². The van der Waals surface area contributed by atoms with Gasteiger partial charge in [0.1, 0.15) is 5.75 Å². The van der Waals surface area contributed by atoms with Crippen molar-refractivity contribution in [1.82, 2.24) is 9.80 Å². The van der Waals surface area contributed by atoms with Gasteiger partial charge in [0.15, 0.2) is 6.10 Å². The van der Waals surface area contributed by atoms with Crippen molar-refractivity contribution in [2.45, 2.75) is 31.9 Å². The summed E-state index contributed by atoms with van der Waals surface area (Å²) < 4.78 is 5.97. The quantitative estimate of drug-likeness (QED) is 0.806. The van der Waals surface area contributed by atoms with Crippen LogP contribution in [0.2, 0.25) is 0 Å². The van der Waals surface area contributed by atoms with E-state index in [-0.39, 0.29) is 5.91 Å². The zero-order chi connectivity index (χ0) is 18.6. The number of nitrogens with zero attached hydrogens (tertiary/aromatic N) is 2. The van der Waals surface area contributed by atoms with Gasteiger partial charge in [-0.15, -0.1) is 0 Å². The predicted molar refractivity (Wildman–Crippen MR) is 113 cm³/mol. The largest absolute Gasteiger partial charge is 0.481 e. The molecule has 0 aliphatic carbocycles. The van der Waals surface area contributed by atoms with E-state index in [4.69, 9.17) is 4.74 Å². The molecule has 1 atom stereocenters. The highest BCUT2D eigenvalue weighted by Crippen LogP contribution is 2.24. The van der Waals surface area contributed by atoms with Crippen LogP contribution in [0.3, 0.4) is 0 Å². The zero-order valence-electron chi connectivity index (χ0n) is 16.0. The summed E-state index contributed by atoms with van der Waals surface area (Å²) in [4.78, 5) is 17.4. The Hall–Kier alpha value is -1.72. The second kappa shape index (κ2) is 8.53. The lowest BCUT2D eigenvalue weighted by atomic mass is 10.1. The lowest BCUT2D eigenvalue weighted by Crippen LogP contribution is -2.54. The van der Waals surface area contributed by atoms with Gasteiger partial charge in [-0.2, -0.15) is 11.8 Å². The fourth-order valence-electron chi connectivity index (χ4n) is 4.11. The maximum atomic E-state index is 12.8. The third-order valence-electron chi connectivity index (χ3n) is 5.71. The van der Waals surface area contributed by atoms with Crippen molar-refractivity contribution in [3.63, 3.8) is 0 Å². The number of rotatable bonds is 4. The number of piperazine rings is 1. The van der Waals surface area contributed by atoms with E-state index in [1.54, 1.807) is 0 Å². The Morgan fingerprint density at radius 1 is 1.04 bits per heavy atom. The molecule has 4 nitrogen and oxygen atoms in total. The number of ether oxygens (including phenoxy) is 1. The van der Waals surface area contributed by atoms with E-state index >= 15 is 0 Å². The Balaban J connectivity index is 1.32. The van der Waals surface area contributed by atoms with Crippen LogP contribution in [0.5, 0.6) is 5.75 Å². The monoisotopic (exact) mass is 384 g/mol. The molecule has 0 spiro atoms. The highest BCUT2D eigenvalue weighted by atomic mass is 32.2. The molecule has 2 aromatic carbocycles. The maximum Gasteiger partial charge on any atom is 0.263 e. The molecule has 0 N–H and O–H groups in total. The van der Waals surface area contributed by atoms with Crippen molar-refractivity contribution < 1.29 is 9.53 Å². The van der Waals surface area contributed by atoms with Crippen LogP contribution in [-0.2, 0) is 4.79 Å². The number of hydrogen-bond acceptors (Lipinski definition) is 4. The van der Waals surface area contributed by atoms with E-state index < -0.39 is 6.10 Å². The second-order valence-electron chi connectivity index (χ2n) is 7.47. The summed E-state index contributed by atoms with van der Waals surface area (Å²) in [7, 11) is 0. The number of benzene rings is 2. The fourth-order valence-corrected chi connectivity index (χ4v) is 5.19. The Bertz CT molecular complexity index is 783. The molecule has 2 saturated heterocycles. The van der Waals surface area contributed by atoms with Crippen molar-refractivity contribution in [3.05, 3.63) is 42.5 Å². The fraction of sp³-hybridized carbons (Fsp3) is 0.500. The lowest BCUT2D eigenvalue weighted by molar-refractivity contribution is -0.140. The van der Waals surface area contributed by atoms with Crippen LogP contribution in [0.1, 0.15) is 19.8 Å². The standard InChI is InChI=1S/C22H28N2O2S/c1-17(26-21-7-6-18-4-2-3-5-19(18)16-21)22(25)24-12-10-23(11-13-24)20-8-14-27-15-9-20/h2-7,16-17,20H,8-15H2,1H3/t17-/m0/s1. The van der Waals surface area contributed by atoms with E-state index in [2.05, 4.69) is 28.8 Å². The minimum Gasteiger partial charge on any atom is -0.481 e. The SMILES string of the molecule is C[C@H](Oc1ccc2ccccc2c1)C(=O)N1CCN(C2CCSCC2)CC1. The first-order chi connectivity index (χ1) is 13.2. The molecule has 5 heteroatoms. The van der Waals surface area contributed by atoms with Crippen LogP contribution >= 0.6 is 11.8 Å². The Labute approximate surface area is 165 Å². The van der Waals surface area contributed by atoms with Gasteiger partial charge in [-0.1, -0.05) is 30.3 Å². The topological polar surface area (TPSA) is 32.8 Å². The van der Waals surface area contributed by atoms with E-state index in [9.17, 15) is 4.79 Å². The first-order valence-corrected chi connectivity index (χ1v) is 11.1. The van der Waals surface area contributed by atoms with E-state index in [0.717, 1.165) is 43.4 Å². The molecule has 2 aliphatic heterocycles. The zero-order valence-corrected chi connectivity index (χ0v) is 16.8. The van der Waals surface area contributed by atoms with Crippen LogP contribution in [0.25, 0.3) is 10.8 Å². The van der Waals surface area contributed by atoms with Crippen LogP contribution in [0, 0.1) is 0 Å². The van der Waals surface area contributed by atoms with Gasteiger partial charge < -0.3 is 9.64 Å². The lowest BCUT2D eigenvalue weighted by Gasteiger charge is -2.41. The molecule has 0 bridgehead atoms. The third kappa shape index (κ3) is 4.41. The number of carbonyl (C=O) groups excluding carboxylic acids is 1. The van der Waals surface area contributed by atoms with E-state index in [1.165, 1.54) is 29.7 Å². The molecule has 0 aromatic heterocycles. The van der Waals surface area contributed by atoms with Gasteiger partial charge in [0.05, 0.1) is 0 Å². The summed E-state index contributed by atoms with van der Waals surface area (Å²) in [6, 6.07) is 14.9. The molecule has 2 aromatic rings. The molecule has 2 fully saturated rings. The van der Waals surface area contributed by atoms with Crippen LogP contribution < -0.4 is 4.74 Å². The molecular formula is C22H28N2O2S. The van der Waals surface area contributed by atoms with E-state index in [0.29, 0.717) is 0 Å². The smallest absolute Gasteiger partial charge is 0.263 e. The number of thioether (sulfide) groups is 1. The summed E-state index contributed by atoms with van der Waals surface area (Å²) in [6.07, 6.45) is 2.13. The Morgan fingerprint density at radius 3 is 2.48 bits per heavy atom.